The molecule has 152 valence electrons. The Labute approximate surface area is 171 Å². The van der Waals surface area contributed by atoms with Gasteiger partial charge in [0.1, 0.15) is 6.10 Å². The number of hydrogen-bond donors (Lipinski definition) is 0. The molecular formula is C24H28N2O3. The summed E-state index contributed by atoms with van der Waals surface area (Å²) in [4.78, 5) is 14.9. The van der Waals surface area contributed by atoms with Crippen LogP contribution >= 0.6 is 0 Å². The molecule has 1 aromatic heterocycles. The molecule has 5 nitrogen and oxygen atoms in total. The highest BCUT2D eigenvalue weighted by Crippen LogP contribution is 2.25. The monoisotopic (exact) mass is 392 g/mol. The molecule has 0 spiro atoms. The van der Waals surface area contributed by atoms with Crippen molar-refractivity contribution < 1.29 is 14.3 Å². The second-order valence-corrected chi connectivity index (χ2v) is 7.47. The molecule has 1 fully saturated rings. The molecule has 1 aliphatic heterocycles. The summed E-state index contributed by atoms with van der Waals surface area (Å²) >= 11 is 0. The van der Waals surface area contributed by atoms with E-state index < -0.39 is 0 Å². The van der Waals surface area contributed by atoms with Crippen molar-refractivity contribution in [3.8, 4) is 0 Å². The van der Waals surface area contributed by atoms with E-state index >= 15 is 0 Å². The van der Waals surface area contributed by atoms with Gasteiger partial charge in [-0.05, 0) is 23.6 Å². The van der Waals surface area contributed by atoms with Gasteiger partial charge in [0.15, 0.2) is 0 Å². The number of fused-ring (bicyclic) bond motifs is 1. The van der Waals surface area contributed by atoms with Gasteiger partial charge in [0.05, 0.1) is 19.8 Å². The molecule has 1 aliphatic rings. The molecule has 0 N–H and O–H groups in total. The van der Waals surface area contributed by atoms with Gasteiger partial charge in [-0.2, -0.15) is 0 Å². The van der Waals surface area contributed by atoms with E-state index in [9.17, 15) is 4.79 Å². The number of nitrogens with zero attached hydrogens (tertiary/aromatic N) is 2. The average Bonchev–Trinajstić information content (AvgIpc) is 3.14. The van der Waals surface area contributed by atoms with Crippen LogP contribution < -0.4 is 0 Å². The van der Waals surface area contributed by atoms with Crippen molar-refractivity contribution in [2.45, 2.75) is 25.5 Å². The van der Waals surface area contributed by atoms with Crippen molar-refractivity contribution in [2.75, 3.05) is 33.4 Å². The standard InChI is InChI=1S/C24H28N2O3/c1-28-15-13-25-17-20(21-9-5-6-10-22(21)25)11-12-24(27)26-14-16-29-23(18-26)19-7-3-2-4-8-19/h2-10,17,23H,11-16,18H2,1H3/t23-/m0/s1. The fourth-order valence-electron chi connectivity index (χ4n) is 4.04. The van der Waals surface area contributed by atoms with Gasteiger partial charge in [0.25, 0.3) is 0 Å². The molecule has 29 heavy (non-hydrogen) atoms. The number of benzene rings is 2. The molecule has 1 saturated heterocycles. The minimum Gasteiger partial charge on any atom is -0.383 e. The molecule has 0 bridgehead atoms. The Kier molecular flexibility index (Phi) is 6.27. The van der Waals surface area contributed by atoms with Crippen LogP contribution in [0.3, 0.4) is 0 Å². The van der Waals surface area contributed by atoms with E-state index in [0.717, 1.165) is 18.5 Å². The fourth-order valence-corrected chi connectivity index (χ4v) is 4.04. The highest BCUT2D eigenvalue weighted by Gasteiger charge is 2.25. The van der Waals surface area contributed by atoms with E-state index in [4.69, 9.17) is 9.47 Å². The predicted molar refractivity (Wildman–Crippen MR) is 114 cm³/mol. The maximum Gasteiger partial charge on any atom is 0.223 e. The summed E-state index contributed by atoms with van der Waals surface area (Å²) < 4.78 is 13.4. The molecule has 0 unspecified atom stereocenters. The van der Waals surface area contributed by atoms with Gasteiger partial charge in [-0.15, -0.1) is 0 Å². The average molecular weight is 392 g/mol. The molecule has 0 aliphatic carbocycles. The first kappa shape index (κ1) is 19.7. The molecule has 2 aromatic carbocycles. The molecular weight excluding hydrogens is 364 g/mol. The Balaban J connectivity index is 1.42. The first-order chi connectivity index (χ1) is 14.3. The third-order valence-corrected chi connectivity index (χ3v) is 5.61. The van der Waals surface area contributed by atoms with Gasteiger partial charge >= 0.3 is 0 Å². The number of para-hydroxylation sites is 1. The SMILES string of the molecule is COCCn1cc(CCC(=O)N2CCO[C@H](c3ccccc3)C2)c2ccccc21. The molecule has 1 amide bonds. The third-order valence-electron chi connectivity index (χ3n) is 5.61. The lowest BCUT2D eigenvalue weighted by molar-refractivity contribution is -0.139. The topological polar surface area (TPSA) is 43.7 Å². The van der Waals surface area contributed by atoms with Gasteiger partial charge in [-0.25, -0.2) is 0 Å². The molecule has 3 aromatic rings. The maximum atomic E-state index is 12.9. The van der Waals surface area contributed by atoms with Crippen LogP contribution in [-0.4, -0.2) is 48.8 Å². The van der Waals surface area contributed by atoms with Gasteiger partial charge in [-0.1, -0.05) is 48.5 Å². The van der Waals surface area contributed by atoms with Crippen molar-refractivity contribution in [1.82, 2.24) is 9.47 Å². The summed E-state index contributed by atoms with van der Waals surface area (Å²) in [7, 11) is 1.72. The fraction of sp³-hybridized carbons (Fsp3) is 0.375. The second kappa shape index (κ2) is 9.25. The maximum absolute atomic E-state index is 12.9. The zero-order chi connectivity index (χ0) is 20.1. The number of amides is 1. The van der Waals surface area contributed by atoms with Crippen LogP contribution in [0.25, 0.3) is 10.9 Å². The summed E-state index contributed by atoms with van der Waals surface area (Å²) in [5, 5.41) is 1.22. The van der Waals surface area contributed by atoms with Gasteiger partial charge in [-0.3, -0.25) is 4.79 Å². The van der Waals surface area contributed by atoms with Crippen molar-refractivity contribution in [3.05, 3.63) is 71.9 Å². The number of morpholine rings is 1. The summed E-state index contributed by atoms with van der Waals surface area (Å²) in [5.41, 5.74) is 3.55. The highest BCUT2D eigenvalue weighted by molar-refractivity contribution is 5.85. The van der Waals surface area contributed by atoms with E-state index in [1.165, 1.54) is 16.5 Å². The quantitative estimate of drug-likeness (QED) is 0.614. The van der Waals surface area contributed by atoms with E-state index in [0.29, 0.717) is 32.7 Å². The zero-order valence-electron chi connectivity index (χ0n) is 16.9. The van der Waals surface area contributed by atoms with Crippen LogP contribution in [0.2, 0.25) is 0 Å². The number of hydrogen-bond acceptors (Lipinski definition) is 3. The number of rotatable bonds is 7. The summed E-state index contributed by atoms with van der Waals surface area (Å²) in [6.45, 7) is 3.36. The Morgan fingerprint density at radius 1 is 1.14 bits per heavy atom. The molecule has 1 atom stereocenters. The van der Waals surface area contributed by atoms with Crippen molar-refractivity contribution in [1.29, 1.82) is 0 Å². The lowest BCUT2D eigenvalue weighted by Crippen LogP contribution is -2.42. The summed E-state index contributed by atoms with van der Waals surface area (Å²) in [6.07, 6.45) is 3.39. The van der Waals surface area contributed by atoms with Crippen LogP contribution in [0.5, 0.6) is 0 Å². The summed E-state index contributed by atoms with van der Waals surface area (Å²) in [6, 6.07) is 18.5. The summed E-state index contributed by atoms with van der Waals surface area (Å²) in [5.74, 6) is 0.197. The normalized spacial score (nSPS) is 17.0. The van der Waals surface area contributed by atoms with E-state index in [1.807, 2.05) is 23.1 Å². The van der Waals surface area contributed by atoms with Crippen molar-refractivity contribution in [2.24, 2.45) is 0 Å². The first-order valence-corrected chi connectivity index (χ1v) is 10.3. The minimum absolute atomic E-state index is 0.0372. The van der Waals surface area contributed by atoms with Gasteiger partial charge in [0, 0.05) is 43.7 Å². The molecule has 5 heteroatoms. The van der Waals surface area contributed by atoms with Crippen molar-refractivity contribution >= 4 is 16.8 Å². The minimum atomic E-state index is -0.0372. The third kappa shape index (κ3) is 4.52. The Bertz CT molecular complexity index is 951. The molecule has 0 saturated carbocycles. The van der Waals surface area contributed by atoms with E-state index in [-0.39, 0.29) is 12.0 Å². The van der Waals surface area contributed by atoms with Crippen LogP contribution in [0.15, 0.2) is 60.8 Å². The number of ether oxygens (including phenoxy) is 2. The molecule has 2 heterocycles. The van der Waals surface area contributed by atoms with Crippen LogP contribution in [0.4, 0.5) is 0 Å². The number of aryl methyl sites for hydroxylation is 1. The highest BCUT2D eigenvalue weighted by atomic mass is 16.5. The zero-order valence-corrected chi connectivity index (χ0v) is 16.9. The van der Waals surface area contributed by atoms with E-state index in [1.54, 1.807) is 7.11 Å². The van der Waals surface area contributed by atoms with Crippen LogP contribution in [0.1, 0.15) is 23.7 Å². The lowest BCUT2D eigenvalue weighted by atomic mass is 10.1. The Hall–Kier alpha value is -2.63. The van der Waals surface area contributed by atoms with E-state index in [2.05, 4.69) is 47.2 Å². The first-order valence-electron chi connectivity index (χ1n) is 10.3. The number of carbonyl (C=O) groups excluding carboxylic acids is 1. The van der Waals surface area contributed by atoms with Crippen molar-refractivity contribution in [3.63, 3.8) is 0 Å². The van der Waals surface area contributed by atoms with Crippen LogP contribution in [0, 0.1) is 0 Å². The number of carbonyl (C=O) groups is 1. The van der Waals surface area contributed by atoms with Crippen LogP contribution in [-0.2, 0) is 27.2 Å². The van der Waals surface area contributed by atoms with Gasteiger partial charge in [0.2, 0.25) is 5.91 Å². The predicted octanol–water partition coefficient (Wildman–Crippen LogP) is 3.82. The number of methoxy groups -OCH3 is 1. The Morgan fingerprint density at radius 2 is 1.93 bits per heavy atom. The lowest BCUT2D eigenvalue weighted by Gasteiger charge is -2.33. The Morgan fingerprint density at radius 3 is 2.76 bits per heavy atom. The molecule has 0 radical (unpaired) electrons. The largest absolute Gasteiger partial charge is 0.383 e. The number of aromatic nitrogens is 1. The smallest absolute Gasteiger partial charge is 0.223 e. The van der Waals surface area contributed by atoms with Gasteiger partial charge < -0.3 is 18.9 Å². The second-order valence-electron chi connectivity index (χ2n) is 7.47. The molecule has 4 rings (SSSR count).